The summed E-state index contributed by atoms with van der Waals surface area (Å²) in [5.41, 5.74) is 4.32. The molecule has 1 atom stereocenters. The average molecular weight is 475 g/mol. The predicted octanol–water partition coefficient (Wildman–Crippen LogP) is 2.38. The van der Waals surface area contributed by atoms with Gasteiger partial charge in [-0.25, -0.2) is 0 Å². The number of hydrogen-bond donors (Lipinski definition) is 2. The number of aryl methyl sites for hydroxylation is 1. The van der Waals surface area contributed by atoms with Gasteiger partial charge in [0.2, 0.25) is 0 Å². The first-order chi connectivity index (χ1) is 17.0. The van der Waals surface area contributed by atoms with Gasteiger partial charge < -0.3 is 24.6 Å². The van der Waals surface area contributed by atoms with Gasteiger partial charge in [0.25, 0.3) is 11.5 Å². The number of pyridine rings is 1. The zero-order valence-electron chi connectivity index (χ0n) is 19.8. The Hall–Kier alpha value is -3.62. The Morgan fingerprint density at radius 2 is 1.80 bits per heavy atom. The number of nitrogens with one attached hydrogen (secondary N) is 1. The zero-order chi connectivity index (χ0) is 24.4. The van der Waals surface area contributed by atoms with E-state index in [4.69, 9.17) is 4.74 Å². The molecule has 0 saturated carbocycles. The lowest BCUT2D eigenvalue weighted by Gasteiger charge is -2.32. The van der Waals surface area contributed by atoms with Crippen LogP contribution < -0.4 is 15.6 Å². The molecule has 3 aromatic rings. The lowest BCUT2D eigenvalue weighted by molar-refractivity contribution is 0.0501. The third-order valence-electron chi connectivity index (χ3n) is 6.62. The highest BCUT2D eigenvalue weighted by Gasteiger charge is 2.27. The molecule has 182 valence electrons. The van der Waals surface area contributed by atoms with Crippen LogP contribution in [0.25, 0.3) is 0 Å². The van der Waals surface area contributed by atoms with Crippen molar-refractivity contribution >= 4 is 17.3 Å². The van der Waals surface area contributed by atoms with E-state index in [1.165, 1.54) is 21.8 Å². The number of anilines is 2. The maximum absolute atomic E-state index is 13.4. The Morgan fingerprint density at radius 1 is 1.00 bits per heavy atom. The molecule has 35 heavy (non-hydrogen) atoms. The Morgan fingerprint density at radius 3 is 2.63 bits per heavy atom. The van der Waals surface area contributed by atoms with Crippen molar-refractivity contribution in [3.05, 3.63) is 87.8 Å². The molecule has 8 heteroatoms. The quantitative estimate of drug-likeness (QED) is 0.571. The topological polar surface area (TPSA) is 87.0 Å². The van der Waals surface area contributed by atoms with Gasteiger partial charge in [-0.2, -0.15) is 0 Å². The van der Waals surface area contributed by atoms with Crippen LogP contribution in [0.1, 0.15) is 21.5 Å². The van der Waals surface area contributed by atoms with E-state index in [2.05, 4.69) is 28.4 Å². The minimum Gasteiger partial charge on any atom is -0.491 e. The van der Waals surface area contributed by atoms with E-state index in [1.54, 1.807) is 36.3 Å². The molecule has 0 bridgehead atoms. The van der Waals surface area contributed by atoms with Crippen LogP contribution in [-0.4, -0.2) is 64.3 Å². The summed E-state index contributed by atoms with van der Waals surface area (Å²) in [5.74, 6) is 0.349. The highest BCUT2D eigenvalue weighted by molar-refractivity contribution is 5.98. The maximum atomic E-state index is 13.4. The molecule has 5 rings (SSSR count). The summed E-state index contributed by atoms with van der Waals surface area (Å²) in [5, 5.41) is 14.0. The van der Waals surface area contributed by atoms with Crippen molar-refractivity contribution in [2.24, 2.45) is 7.05 Å². The smallest absolute Gasteiger partial charge is 0.257 e. The standard InChI is InChI=1S/C27H30N4O4/c1-29-10-9-22(15-26(29)33)28-21-6-7-25-24(14-21)27(34)31(12-13-35-25)18-23(32)17-30-11-8-19-4-2-3-5-20(19)16-30/h2-7,9-10,14-15,23,28,32H,8,11-13,16-18H2,1H3/t23-/m1/s1. The van der Waals surface area contributed by atoms with E-state index in [-0.39, 0.29) is 18.0 Å². The Kier molecular flexibility index (Phi) is 6.57. The minimum absolute atomic E-state index is 0.124. The van der Waals surface area contributed by atoms with E-state index in [0.717, 1.165) is 19.5 Å². The van der Waals surface area contributed by atoms with Crippen LogP contribution in [0.4, 0.5) is 11.4 Å². The molecular formula is C27H30N4O4. The van der Waals surface area contributed by atoms with Gasteiger partial charge in [0, 0.05) is 56.9 Å². The normalized spacial score (nSPS) is 16.6. The summed E-state index contributed by atoms with van der Waals surface area (Å²) >= 11 is 0. The van der Waals surface area contributed by atoms with Gasteiger partial charge in [-0.1, -0.05) is 24.3 Å². The molecule has 2 aliphatic rings. The number of benzene rings is 2. The number of carbonyl (C=O) groups excluding carboxylic acids is 1. The number of amides is 1. The summed E-state index contributed by atoms with van der Waals surface area (Å²) in [4.78, 5) is 29.2. The first-order valence-electron chi connectivity index (χ1n) is 11.9. The van der Waals surface area contributed by atoms with E-state index in [0.29, 0.717) is 42.4 Å². The number of nitrogens with zero attached hydrogens (tertiary/aromatic N) is 3. The van der Waals surface area contributed by atoms with Crippen molar-refractivity contribution in [3.8, 4) is 5.75 Å². The van der Waals surface area contributed by atoms with E-state index in [9.17, 15) is 14.7 Å². The van der Waals surface area contributed by atoms with Crippen molar-refractivity contribution in [1.82, 2.24) is 14.4 Å². The van der Waals surface area contributed by atoms with Gasteiger partial charge in [-0.3, -0.25) is 14.5 Å². The van der Waals surface area contributed by atoms with Crippen molar-refractivity contribution in [2.45, 2.75) is 19.1 Å². The lowest BCUT2D eigenvalue weighted by atomic mass is 10.00. The van der Waals surface area contributed by atoms with Crippen LogP contribution in [0.3, 0.4) is 0 Å². The Balaban J connectivity index is 1.26. The number of aliphatic hydroxyl groups excluding tert-OH is 1. The van der Waals surface area contributed by atoms with Gasteiger partial charge in [-0.05, 0) is 41.8 Å². The van der Waals surface area contributed by atoms with E-state index >= 15 is 0 Å². The fraction of sp³-hybridized carbons (Fsp3) is 0.333. The fourth-order valence-corrected chi connectivity index (χ4v) is 4.73. The number of β-amino-alcohol motifs (C(OH)–C–C–N with tert-alkyl or cyclic N) is 1. The molecule has 2 aromatic carbocycles. The molecule has 0 spiro atoms. The van der Waals surface area contributed by atoms with Gasteiger partial charge >= 0.3 is 0 Å². The first-order valence-corrected chi connectivity index (χ1v) is 11.9. The summed E-state index contributed by atoms with van der Waals surface area (Å²) in [6, 6.07) is 17.0. The van der Waals surface area contributed by atoms with Gasteiger partial charge in [0.15, 0.2) is 0 Å². The number of ether oxygens (including phenoxy) is 1. The minimum atomic E-state index is -0.660. The molecule has 2 aliphatic heterocycles. The Bertz CT molecular complexity index is 1290. The number of hydrogen-bond acceptors (Lipinski definition) is 6. The summed E-state index contributed by atoms with van der Waals surface area (Å²) in [6.07, 6.45) is 2.00. The number of carbonyl (C=O) groups is 1. The Labute approximate surface area is 204 Å². The SMILES string of the molecule is Cn1ccc(Nc2ccc3c(c2)C(=O)N(C[C@H](O)CN2CCc4ccccc4C2)CCO3)cc1=O. The molecule has 0 fully saturated rings. The molecule has 0 radical (unpaired) electrons. The zero-order valence-corrected chi connectivity index (χ0v) is 19.8. The van der Waals surface area contributed by atoms with Crippen LogP contribution in [-0.2, 0) is 20.0 Å². The van der Waals surface area contributed by atoms with Crippen molar-refractivity contribution in [1.29, 1.82) is 0 Å². The van der Waals surface area contributed by atoms with Crippen LogP contribution >= 0.6 is 0 Å². The third kappa shape index (κ3) is 5.23. The molecule has 1 amide bonds. The molecule has 0 saturated heterocycles. The number of aliphatic hydroxyl groups is 1. The monoisotopic (exact) mass is 474 g/mol. The number of rotatable bonds is 6. The lowest BCUT2D eigenvalue weighted by Crippen LogP contribution is -2.44. The van der Waals surface area contributed by atoms with Crippen LogP contribution in [0.5, 0.6) is 5.75 Å². The second-order valence-electron chi connectivity index (χ2n) is 9.21. The molecule has 0 unspecified atom stereocenters. The second kappa shape index (κ2) is 9.93. The average Bonchev–Trinajstić information content (AvgIpc) is 3.00. The third-order valence-corrected chi connectivity index (χ3v) is 6.62. The van der Waals surface area contributed by atoms with Gasteiger partial charge in [-0.15, -0.1) is 0 Å². The van der Waals surface area contributed by atoms with Crippen LogP contribution in [0.2, 0.25) is 0 Å². The first kappa shape index (κ1) is 23.1. The van der Waals surface area contributed by atoms with Crippen LogP contribution in [0, 0.1) is 0 Å². The summed E-state index contributed by atoms with van der Waals surface area (Å²) < 4.78 is 7.32. The van der Waals surface area contributed by atoms with Crippen molar-refractivity contribution < 1.29 is 14.6 Å². The largest absolute Gasteiger partial charge is 0.491 e. The molecule has 8 nitrogen and oxygen atoms in total. The predicted molar refractivity (Wildman–Crippen MR) is 134 cm³/mol. The molecule has 3 heterocycles. The van der Waals surface area contributed by atoms with Gasteiger partial charge in [0.1, 0.15) is 12.4 Å². The van der Waals surface area contributed by atoms with Crippen molar-refractivity contribution in [2.75, 3.05) is 38.1 Å². The molecule has 2 N–H and O–H groups in total. The molecule has 1 aromatic heterocycles. The summed E-state index contributed by atoms with van der Waals surface area (Å²) in [7, 11) is 1.69. The highest BCUT2D eigenvalue weighted by atomic mass is 16.5. The fourth-order valence-electron chi connectivity index (χ4n) is 4.73. The number of aromatic nitrogens is 1. The highest BCUT2D eigenvalue weighted by Crippen LogP contribution is 2.28. The molecular weight excluding hydrogens is 444 g/mol. The van der Waals surface area contributed by atoms with Crippen molar-refractivity contribution in [3.63, 3.8) is 0 Å². The number of fused-ring (bicyclic) bond motifs is 2. The van der Waals surface area contributed by atoms with E-state index in [1.807, 2.05) is 12.1 Å². The van der Waals surface area contributed by atoms with E-state index < -0.39 is 6.10 Å². The van der Waals surface area contributed by atoms with Crippen LogP contribution in [0.15, 0.2) is 65.6 Å². The summed E-state index contributed by atoms with van der Waals surface area (Å²) in [6.45, 7) is 3.23. The molecule has 0 aliphatic carbocycles. The van der Waals surface area contributed by atoms with Gasteiger partial charge in [0.05, 0.1) is 18.2 Å². The maximum Gasteiger partial charge on any atom is 0.257 e. The second-order valence-corrected chi connectivity index (χ2v) is 9.21.